The molecule has 0 fully saturated rings. The standard InChI is InChI=1S/C75H60BN5O.Pt/c1-50-44-70(81-69-39-21-20-38-68(69)80-65-35-17-15-31-63(65)62-30-14-16-34-64(62)76(80)81)77-73(71(50)54-26-12-9-13-27-54)82-59-29-22-28-58(48-59)78-49-79(67-37-19-18-36-66(67)78)72-60(53-42-40-52(41-43-53)51-24-10-8-11-25-51)32-23-33-61(72)55-45-56(74(2,3)4)47-57(46-55)75(5,6)7;/h8-38,40-47H,1-7H3;/q-2;/i1D3,18D,19D,36D,37D;. The zero-order valence-electron chi connectivity index (χ0n) is 53.7. The Labute approximate surface area is 508 Å². The quantitative estimate of drug-likeness (QED) is 0.107. The van der Waals surface area contributed by atoms with E-state index in [1.807, 2.05) is 100 Å². The number of anilines is 4. The Kier molecular flexibility index (Phi) is 11.0. The topological polar surface area (TPSA) is 38.5 Å². The Morgan fingerprint density at radius 3 is 1.84 bits per heavy atom. The molecular formula is C75H60BN5OPt-2. The van der Waals surface area contributed by atoms with Crippen LogP contribution in [0.3, 0.4) is 0 Å². The molecule has 14 rings (SSSR count). The summed E-state index contributed by atoms with van der Waals surface area (Å²) in [7, 11) is 0. The van der Waals surface area contributed by atoms with Crippen LogP contribution >= 0.6 is 0 Å². The number of rotatable bonds is 9. The summed E-state index contributed by atoms with van der Waals surface area (Å²) >= 11 is 2.25. The molecule has 0 unspecified atom stereocenters. The molecular weight excluding hydrogens is 1190 g/mol. The molecule has 8 heteroatoms. The number of para-hydroxylation sites is 5. The molecule has 10 aromatic carbocycles. The Bertz CT molecular complexity index is 4890. The average molecular weight is 1260 g/mol. The van der Waals surface area contributed by atoms with Crippen molar-refractivity contribution in [3.63, 3.8) is 0 Å². The van der Waals surface area contributed by atoms with Gasteiger partial charge in [-0.05, 0) is 11.6 Å². The third-order valence-corrected chi connectivity index (χ3v) is 17.0. The molecule has 0 N–H and O–H groups in total. The van der Waals surface area contributed by atoms with Crippen LogP contribution in [0.15, 0.2) is 236 Å². The van der Waals surface area contributed by atoms with Gasteiger partial charge in [0.05, 0.1) is 0 Å². The summed E-state index contributed by atoms with van der Waals surface area (Å²) in [6, 6.07) is 76.3. The van der Waals surface area contributed by atoms with Crippen molar-refractivity contribution >= 4 is 46.4 Å². The maximum absolute atomic E-state index is 9.90. The summed E-state index contributed by atoms with van der Waals surface area (Å²) in [6.07, 6.45) is 0. The average Bonchev–Trinajstić information content (AvgIpc) is 1.54. The maximum atomic E-state index is 9.90. The van der Waals surface area contributed by atoms with Crippen molar-refractivity contribution in [1.82, 2.24) is 14.1 Å². The van der Waals surface area contributed by atoms with Crippen LogP contribution in [-0.4, -0.2) is 21.1 Å². The van der Waals surface area contributed by atoms with E-state index in [1.54, 1.807) is 18.2 Å². The van der Waals surface area contributed by atoms with Crippen LogP contribution < -0.4 is 19.8 Å². The van der Waals surface area contributed by atoms with Gasteiger partial charge in [0.25, 0.3) is 0 Å². The van der Waals surface area contributed by atoms with Gasteiger partial charge in [-0.1, -0.05) is 42.5 Å². The van der Waals surface area contributed by atoms with E-state index in [-0.39, 0.29) is 62.7 Å². The molecule has 2 aliphatic heterocycles. The summed E-state index contributed by atoms with van der Waals surface area (Å²) in [6.45, 7) is 10.2. The summed E-state index contributed by atoms with van der Waals surface area (Å²) in [4.78, 5) is 9.71. The summed E-state index contributed by atoms with van der Waals surface area (Å²) in [5, 5.41) is 0. The number of ether oxygens (including phenoxy) is 1. The number of aromatic nitrogens is 3. The van der Waals surface area contributed by atoms with Gasteiger partial charge in [-0.25, -0.2) is 0 Å². The molecule has 0 spiro atoms. The summed E-state index contributed by atoms with van der Waals surface area (Å²) < 4.78 is 77.4. The van der Waals surface area contributed by atoms with Gasteiger partial charge in [0, 0.05) is 11.3 Å². The number of fused-ring (bicyclic) bond motifs is 9. The Balaban J connectivity index is 0.991. The monoisotopic (exact) mass is 1260 g/mol. The van der Waals surface area contributed by atoms with Gasteiger partial charge in [0.1, 0.15) is 0 Å². The Morgan fingerprint density at radius 1 is 0.542 bits per heavy atom. The van der Waals surface area contributed by atoms with Crippen molar-refractivity contribution < 1.29 is 33.7 Å². The molecule has 83 heavy (non-hydrogen) atoms. The van der Waals surface area contributed by atoms with E-state index in [9.17, 15) is 9.60 Å². The van der Waals surface area contributed by atoms with Crippen molar-refractivity contribution in [3.8, 4) is 78.6 Å². The second-order valence-electron chi connectivity index (χ2n) is 23.3. The first kappa shape index (κ1) is 44.6. The Hall–Kier alpha value is -9.03. The molecule has 2 aromatic heterocycles. The molecule has 6 nitrogen and oxygen atoms in total. The number of nitrogens with zero attached hydrogens (tertiary/aromatic N) is 5. The third-order valence-electron chi connectivity index (χ3n) is 16.0. The number of aryl methyl sites for hydroxylation is 1. The van der Waals surface area contributed by atoms with Gasteiger partial charge in [-0.3, -0.25) is 0 Å². The van der Waals surface area contributed by atoms with Crippen molar-refractivity contribution in [1.29, 1.82) is 0 Å². The molecule has 406 valence electrons. The van der Waals surface area contributed by atoms with Gasteiger partial charge in [-0.15, -0.1) is 6.07 Å². The predicted octanol–water partition coefficient (Wildman–Crippen LogP) is 18.5. The first-order valence-electron chi connectivity index (χ1n) is 31.4. The molecule has 0 bridgehead atoms. The fourth-order valence-corrected chi connectivity index (χ4v) is 12.9. The van der Waals surface area contributed by atoms with Crippen LogP contribution in [0.25, 0.3) is 78.0 Å². The molecule has 0 atom stereocenters. The SMILES string of the molecule is [2H]c1c([2H])c([2H])c2c(c1[2H])n(-c1[c-]c(Oc3nc(N4B5c6ccccc6-c6ccccc6N5c5ccc[c-]c54)cc(C([2H])([2H])[2H])c3-c3ccccc3)ccc1)[c](=[Pt])n2-c1c(-c2ccc(-c3ccccc3)cc2)cccc1-c1cc(C(C)(C)C)cc(C(C)(C)C)c1. The molecule has 12 aromatic rings. The normalized spacial score (nSPS) is 14.1. The number of pyridine rings is 1. The van der Waals surface area contributed by atoms with Crippen LogP contribution in [0, 0.1) is 22.8 Å². The first-order chi connectivity index (χ1) is 43.2. The van der Waals surface area contributed by atoms with Crippen molar-refractivity contribution in [2.75, 3.05) is 9.62 Å². The van der Waals surface area contributed by atoms with Gasteiger partial charge < -0.3 is 0 Å². The van der Waals surface area contributed by atoms with Gasteiger partial charge in [-0.2, -0.15) is 12.1 Å². The summed E-state index contributed by atoms with van der Waals surface area (Å²) in [5.74, 6) is 0.524. The predicted molar refractivity (Wildman–Crippen MR) is 340 cm³/mol. The van der Waals surface area contributed by atoms with E-state index >= 15 is 0 Å². The Morgan fingerprint density at radius 2 is 1.13 bits per heavy atom. The summed E-state index contributed by atoms with van der Waals surface area (Å²) in [5.41, 5.74) is 15.7. The first-order valence-corrected chi connectivity index (χ1v) is 29.0. The minimum absolute atomic E-state index is 0.0202. The number of imidazole rings is 1. The van der Waals surface area contributed by atoms with Gasteiger partial charge in [0.2, 0.25) is 0 Å². The second-order valence-corrected chi connectivity index (χ2v) is 24.3. The number of hydrogen-bond donors (Lipinski definition) is 0. The number of benzene rings is 10. The van der Waals surface area contributed by atoms with E-state index in [0.29, 0.717) is 26.6 Å². The van der Waals surface area contributed by atoms with Crippen LogP contribution in [0.5, 0.6) is 11.6 Å². The molecule has 0 aliphatic carbocycles. The fourth-order valence-electron chi connectivity index (χ4n) is 11.8. The van der Waals surface area contributed by atoms with Crippen molar-refractivity contribution in [2.24, 2.45) is 0 Å². The van der Waals surface area contributed by atoms with E-state index in [2.05, 4.69) is 186 Å². The third kappa shape index (κ3) is 9.10. The van der Waals surface area contributed by atoms with Crippen LogP contribution in [-0.2, 0) is 30.2 Å². The van der Waals surface area contributed by atoms with E-state index < -0.39 is 19.9 Å². The number of hydrogen-bond acceptors (Lipinski definition) is 4. The molecule has 0 saturated heterocycles. The van der Waals surface area contributed by atoms with E-state index in [0.717, 1.165) is 78.2 Å². The molecule has 4 heterocycles. The van der Waals surface area contributed by atoms with Crippen molar-refractivity contribution in [2.45, 2.75) is 59.2 Å². The van der Waals surface area contributed by atoms with Crippen molar-refractivity contribution in [3.05, 3.63) is 269 Å². The van der Waals surface area contributed by atoms with Crippen LogP contribution in [0.1, 0.15) is 67.8 Å². The molecule has 2 aliphatic rings. The zero-order valence-corrected chi connectivity index (χ0v) is 49.0. The van der Waals surface area contributed by atoms with Crippen LogP contribution in [0.2, 0.25) is 0 Å². The minimum atomic E-state index is -2.66. The fraction of sp³-hybridized carbons (Fsp3) is 0.120. The molecule has 0 radical (unpaired) electrons. The van der Waals surface area contributed by atoms with E-state index in [1.165, 1.54) is 0 Å². The molecule has 0 amide bonds. The van der Waals surface area contributed by atoms with Gasteiger partial charge in [0.15, 0.2) is 0 Å². The second kappa shape index (κ2) is 20.4. The van der Waals surface area contributed by atoms with Crippen LogP contribution in [0.4, 0.5) is 22.9 Å². The van der Waals surface area contributed by atoms with E-state index in [4.69, 9.17) is 9.72 Å². The van der Waals surface area contributed by atoms with Gasteiger partial charge >= 0.3 is 427 Å². The molecule has 0 saturated carbocycles. The zero-order chi connectivity index (χ0) is 62.7.